The lowest BCUT2D eigenvalue weighted by Gasteiger charge is -1.95. The predicted molar refractivity (Wildman–Crippen MR) is 51.6 cm³/mol. The van der Waals surface area contributed by atoms with Crippen molar-refractivity contribution in [3.63, 3.8) is 0 Å². The summed E-state index contributed by atoms with van der Waals surface area (Å²) in [7, 11) is 0. The highest BCUT2D eigenvalue weighted by Crippen LogP contribution is 2.18. The van der Waals surface area contributed by atoms with Gasteiger partial charge in [-0.25, -0.2) is 0 Å². The number of hydrogen-bond donors (Lipinski definition) is 0. The summed E-state index contributed by atoms with van der Waals surface area (Å²) in [5.74, 6) is 0. The Hall–Kier alpha value is -0.820. The molecule has 0 unspecified atom stereocenters. The normalized spacial score (nSPS) is 11.5. The molecule has 0 amide bonds. The molecule has 0 aliphatic heterocycles. The summed E-state index contributed by atoms with van der Waals surface area (Å²) in [5, 5.41) is 2.11. The van der Waals surface area contributed by atoms with Gasteiger partial charge in [0.1, 0.15) is 0 Å². The van der Waals surface area contributed by atoms with Crippen LogP contribution in [-0.2, 0) is 0 Å². The molecule has 0 aliphatic rings. The van der Waals surface area contributed by atoms with Crippen LogP contribution < -0.4 is 0 Å². The topological polar surface area (TPSA) is 0 Å². The molecular formula is C10H7Br. The highest BCUT2D eigenvalue weighted by Gasteiger charge is 1.90. The Morgan fingerprint density at radius 1 is 1.00 bits per heavy atom. The van der Waals surface area contributed by atoms with E-state index >= 15 is 0 Å². The molecule has 11 heavy (non-hydrogen) atoms. The molecule has 0 aromatic heterocycles. The summed E-state index contributed by atoms with van der Waals surface area (Å²) >= 11 is 3.33. The second kappa shape index (κ2) is 2.67. The minimum absolute atomic E-state index is 0.563. The Labute approximate surface area is 75.4 Å². The maximum Gasteiger partial charge on any atom is 0.0641 e. The lowest BCUT2D eigenvalue weighted by atomic mass is 10.1. The minimum Gasteiger partial charge on any atom is -0.0616 e. The van der Waals surface area contributed by atoms with Gasteiger partial charge in [0.25, 0.3) is 0 Å². The largest absolute Gasteiger partial charge is 0.0641 e. The van der Waals surface area contributed by atoms with Crippen molar-refractivity contribution in [1.82, 2.24) is 0 Å². The molecule has 0 nitrogen and oxygen atoms in total. The fourth-order valence-corrected chi connectivity index (χ4v) is 1.44. The van der Waals surface area contributed by atoms with Crippen LogP contribution in [0.1, 0.15) is 1.37 Å². The summed E-state index contributed by atoms with van der Waals surface area (Å²) in [6.07, 6.45) is 0. The number of rotatable bonds is 0. The lowest BCUT2D eigenvalue weighted by molar-refractivity contribution is 1.70. The van der Waals surface area contributed by atoms with Crippen molar-refractivity contribution in [3.05, 3.63) is 46.9 Å². The van der Waals surface area contributed by atoms with Crippen molar-refractivity contribution in [2.45, 2.75) is 0 Å². The molecule has 0 saturated carbocycles. The summed E-state index contributed by atoms with van der Waals surface area (Å²) in [4.78, 5) is 0. The van der Waals surface area contributed by atoms with E-state index in [1.807, 2.05) is 36.4 Å². The van der Waals surface area contributed by atoms with E-state index in [1.54, 1.807) is 0 Å². The molecule has 1 heteroatoms. The molecule has 0 bridgehead atoms. The van der Waals surface area contributed by atoms with Gasteiger partial charge in [-0.2, -0.15) is 0 Å². The van der Waals surface area contributed by atoms with Gasteiger partial charge in [0, 0.05) is 4.47 Å². The predicted octanol–water partition coefficient (Wildman–Crippen LogP) is 3.60. The van der Waals surface area contributed by atoms with E-state index in [1.165, 1.54) is 0 Å². The van der Waals surface area contributed by atoms with Crippen molar-refractivity contribution in [3.8, 4) is 0 Å². The van der Waals surface area contributed by atoms with Crippen LogP contribution in [0.2, 0.25) is 0 Å². The van der Waals surface area contributed by atoms with E-state index in [4.69, 9.17) is 1.37 Å². The molecule has 54 valence electrons. The molecule has 2 aromatic carbocycles. The number of hydrogen-bond acceptors (Lipinski definition) is 0. The van der Waals surface area contributed by atoms with Crippen molar-refractivity contribution >= 4 is 26.7 Å². The summed E-state index contributed by atoms with van der Waals surface area (Å²) in [6, 6.07) is 12.4. The van der Waals surface area contributed by atoms with Crippen LogP contribution in [0.5, 0.6) is 0 Å². The Kier molecular flexibility index (Phi) is 1.40. The van der Waals surface area contributed by atoms with Crippen molar-refractivity contribution in [2.75, 3.05) is 0 Å². The van der Waals surface area contributed by atoms with Crippen molar-refractivity contribution in [1.29, 1.82) is 0 Å². The molecule has 0 fully saturated rings. The zero-order valence-corrected chi connectivity index (χ0v) is 7.43. The second-order valence-corrected chi connectivity index (χ2v) is 3.25. The van der Waals surface area contributed by atoms with Crippen molar-refractivity contribution in [2.24, 2.45) is 0 Å². The Balaban J connectivity index is 2.91. The number of fused-ring (bicyclic) bond motifs is 1. The van der Waals surface area contributed by atoms with Gasteiger partial charge in [0.05, 0.1) is 1.37 Å². The first-order chi connectivity index (χ1) is 5.79. The quantitative estimate of drug-likeness (QED) is 0.620. The van der Waals surface area contributed by atoms with Gasteiger partial charge in [0.2, 0.25) is 0 Å². The van der Waals surface area contributed by atoms with Crippen LogP contribution in [0.4, 0.5) is 0 Å². The van der Waals surface area contributed by atoms with E-state index in [-0.39, 0.29) is 0 Å². The van der Waals surface area contributed by atoms with Gasteiger partial charge in [-0.15, -0.1) is 0 Å². The fraction of sp³-hybridized carbons (Fsp3) is 0. The van der Waals surface area contributed by atoms with Gasteiger partial charge in [-0.3, -0.25) is 0 Å². The third-order valence-corrected chi connectivity index (χ3v) is 2.09. The van der Waals surface area contributed by atoms with Gasteiger partial charge in [-0.05, 0) is 22.9 Å². The maximum atomic E-state index is 7.74. The van der Waals surface area contributed by atoms with Crippen LogP contribution in [0, 0.1) is 0 Å². The van der Waals surface area contributed by atoms with Crippen LogP contribution >= 0.6 is 15.9 Å². The first kappa shape index (κ1) is 5.78. The second-order valence-electron chi connectivity index (χ2n) is 2.39. The zero-order valence-electron chi connectivity index (χ0n) is 6.84. The van der Waals surface area contributed by atoms with Gasteiger partial charge >= 0.3 is 0 Å². The standard InChI is InChI=1S/C10H7Br/c11-10-6-5-8-3-1-2-4-9(8)7-10/h1-7H/i7D. The van der Waals surface area contributed by atoms with Gasteiger partial charge in [-0.1, -0.05) is 46.3 Å². The molecule has 0 aliphatic carbocycles. The molecule has 0 heterocycles. The first-order valence-electron chi connectivity index (χ1n) is 3.93. The Morgan fingerprint density at radius 3 is 2.55 bits per heavy atom. The van der Waals surface area contributed by atoms with Crippen LogP contribution in [-0.4, -0.2) is 0 Å². The smallest absolute Gasteiger partial charge is 0.0616 e. The van der Waals surface area contributed by atoms with E-state index in [9.17, 15) is 0 Å². The van der Waals surface area contributed by atoms with Crippen LogP contribution in [0.25, 0.3) is 10.8 Å². The molecule has 0 saturated heterocycles. The third-order valence-electron chi connectivity index (χ3n) is 1.62. The highest BCUT2D eigenvalue weighted by atomic mass is 79.9. The Bertz CT molecular complexity index is 423. The lowest BCUT2D eigenvalue weighted by Crippen LogP contribution is -1.69. The first-order valence-corrected chi connectivity index (χ1v) is 4.22. The Morgan fingerprint density at radius 2 is 1.73 bits per heavy atom. The molecule has 0 N–H and O–H groups in total. The monoisotopic (exact) mass is 207 g/mol. The zero-order chi connectivity index (χ0) is 8.55. The van der Waals surface area contributed by atoms with Crippen LogP contribution in [0.3, 0.4) is 0 Å². The van der Waals surface area contributed by atoms with Crippen molar-refractivity contribution < 1.29 is 1.37 Å². The van der Waals surface area contributed by atoms with E-state index < -0.39 is 0 Å². The van der Waals surface area contributed by atoms with Crippen LogP contribution in [0.15, 0.2) is 46.9 Å². The van der Waals surface area contributed by atoms with E-state index in [2.05, 4.69) is 15.9 Å². The molecule has 0 radical (unpaired) electrons. The number of halogens is 1. The molecular weight excluding hydrogens is 200 g/mol. The maximum absolute atomic E-state index is 7.74. The minimum atomic E-state index is 0.563. The molecule has 0 spiro atoms. The third kappa shape index (κ3) is 1.29. The van der Waals surface area contributed by atoms with Gasteiger partial charge in [0.15, 0.2) is 0 Å². The average Bonchev–Trinajstić information content (AvgIpc) is 2.12. The molecule has 2 rings (SSSR count). The summed E-state index contributed by atoms with van der Waals surface area (Å²) in [6.45, 7) is 0. The molecule has 2 aromatic rings. The molecule has 0 atom stereocenters. The SMILES string of the molecule is [2H]c1c(Br)ccc2ccccc12. The summed E-state index contributed by atoms with van der Waals surface area (Å²) in [5.41, 5.74) is 0. The average molecular weight is 208 g/mol. The van der Waals surface area contributed by atoms with E-state index in [0.29, 0.717) is 6.04 Å². The number of benzene rings is 2. The highest BCUT2D eigenvalue weighted by molar-refractivity contribution is 9.10. The van der Waals surface area contributed by atoms with Gasteiger partial charge < -0.3 is 0 Å². The summed E-state index contributed by atoms with van der Waals surface area (Å²) < 4.78 is 8.59. The fourth-order valence-electron chi connectivity index (χ4n) is 1.09. The van der Waals surface area contributed by atoms with E-state index in [0.717, 1.165) is 15.2 Å².